The molecular weight excluding hydrogens is 176 g/mol. The average molecular weight is 198 g/mol. The molecule has 14 heavy (non-hydrogen) atoms. The Bertz CT molecular complexity index is 179. The third kappa shape index (κ3) is 8.03. The van der Waals surface area contributed by atoms with Crippen molar-refractivity contribution in [3.63, 3.8) is 0 Å². The molecule has 0 spiro atoms. The van der Waals surface area contributed by atoms with Gasteiger partial charge in [-0.3, -0.25) is 0 Å². The third-order valence-corrected chi connectivity index (χ3v) is 2.05. The minimum atomic E-state index is -0.0790. The summed E-state index contributed by atoms with van der Waals surface area (Å²) in [5.41, 5.74) is 0.331. The monoisotopic (exact) mass is 198 g/mol. The molecule has 0 aliphatic heterocycles. The summed E-state index contributed by atoms with van der Waals surface area (Å²) < 4.78 is 5.45. The second-order valence-corrected chi connectivity index (χ2v) is 4.68. The van der Waals surface area contributed by atoms with Gasteiger partial charge in [0, 0.05) is 13.2 Å². The van der Waals surface area contributed by atoms with E-state index in [1.807, 2.05) is 0 Å². The van der Waals surface area contributed by atoms with Gasteiger partial charge in [-0.05, 0) is 25.3 Å². The molecule has 0 rings (SSSR count). The van der Waals surface area contributed by atoms with E-state index >= 15 is 0 Å². The van der Waals surface area contributed by atoms with E-state index in [0.29, 0.717) is 12.0 Å². The zero-order chi connectivity index (χ0) is 11.0. The van der Waals surface area contributed by atoms with Gasteiger partial charge < -0.3 is 10.1 Å². The minimum absolute atomic E-state index is 0.0790. The predicted octanol–water partition coefficient (Wildman–Crippen LogP) is 1.94. The molecule has 3 heteroatoms. The van der Waals surface area contributed by atoms with Gasteiger partial charge in [0.15, 0.2) is 0 Å². The summed E-state index contributed by atoms with van der Waals surface area (Å²) >= 11 is 0. The van der Waals surface area contributed by atoms with E-state index in [4.69, 9.17) is 10.00 Å². The normalized spacial score (nSPS) is 13.6. The van der Waals surface area contributed by atoms with Crippen LogP contribution in [0.2, 0.25) is 0 Å². The summed E-state index contributed by atoms with van der Waals surface area (Å²) in [6.07, 6.45) is 1.82. The zero-order valence-corrected chi connectivity index (χ0v) is 9.76. The first-order valence-electron chi connectivity index (χ1n) is 5.14. The van der Waals surface area contributed by atoms with Gasteiger partial charge in [-0.25, -0.2) is 0 Å². The van der Waals surface area contributed by atoms with Crippen LogP contribution in [0, 0.1) is 16.7 Å². The lowest BCUT2D eigenvalue weighted by Crippen LogP contribution is -2.24. The van der Waals surface area contributed by atoms with Gasteiger partial charge >= 0.3 is 0 Å². The molecule has 1 N–H and O–H groups in total. The smallest absolute Gasteiger partial charge is 0.0972 e. The van der Waals surface area contributed by atoms with Crippen molar-refractivity contribution >= 4 is 0 Å². The predicted molar refractivity (Wildman–Crippen MR) is 58.0 cm³/mol. The maximum absolute atomic E-state index is 8.64. The SMILES string of the molecule is CNC(C#N)CCOCCC(C)(C)C. The Morgan fingerprint density at radius 2 is 2.00 bits per heavy atom. The first-order valence-corrected chi connectivity index (χ1v) is 5.14. The molecule has 0 amide bonds. The molecule has 0 fully saturated rings. The van der Waals surface area contributed by atoms with Gasteiger partial charge in [-0.1, -0.05) is 20.8 Å². The summed E-state index contributed by atoms with van der Waals surface area (Å²) in [7, 11) is 1.79. The van der Waals surface area contributed by atoms with Crippen molar-refractivity contribution in [2.24, 2.45) is 5.41 Å². The second-order valence-electron chi connectivity index (χ2n) is 4.68. The quantitative estimate of drug-likeness (QED) is 0.663. The van der Waals surface area contributed by atoms with Crippen LogP contribution < -0.4 is 5.32 Å². The molecule has 3 nitrogen and oxygen atoms in total. The molecule has 0 aromatic heterocycles. The highest BCUT2D eigenvalue weighted by molar-refractivity contribution is 4.87. The van der Waals surface area contributed by atoms with Crippen molar-refractivity contribution in [1.29, 1.82) is 5.26 Å². The highest BCUT2D eigenvalue weighted by atomic mass is 16.5. The van der Waals surface area contributed by atoms with Crippen LogP contribution >= 0.6 is 0 Å². The molecule has 0 aromatic carbocycles. The summed E-state index contributed by atoms with van der Waals surface area (Å²) in [5.74, 6) is 0. The third-order valence-electron chi connectivity index (χ3n) is 2.05. The van der Waals surface area contributed by atoms with Crippen LogP contribution in [-0.2, 0) is 4.74 Å². The summed E-state index contributed by atoms with van der Waals surface area (Å²) in [6.45, 7) is 8.03. The van der Waals surface area contributed by atoms with Crippen LogP contribution in [0.3, 0.4) is 0 Å². The summed E-state index contributed by atoms with van der Waals surface area (Å²) in [5, 5.41) is 11.6. The Kier molecular flexibility index (Phi) is 6.52. The standard InChI is InChI=1S/C11H22N2O/c1-11(2,3)6-8-14-7-5-10(9-12)13-4/h10,13H,5-8H2,1-4H3. The van der Waals surface area contributed by atoms with Gasteiger partial charge in [0.1, 0.15) is 0 Å². The molecule has 0 aliphatic rings. The van der Waals surface area contributed by atoms with Gasteiger partial charge in [0.25, 0.3) is 0 Å². The highest BCUT2D eigenvalue weighted by Gasteiger charge is 2.09. The summed E-state index contributed by atoms with van der Waals surface area (Å²) in [6, 6.07) is 2.09. The first kappa shape index (κ1) is 13.4. The van der Waals surface area contributed by atoms with Crippen molar-refractivity contribution in [2.45, 2.75) is 39.7 Å². The lowest BCUT2D eigenvalue weighted by molar-refractivity contribution is 0.104. The van der Waals surface area contributed by atoms with Crippen LogP contribution in [0.1, 0.15) is 33.6 Å². The van der Waals surface area contributed by atoms with Crippen molar-refractivity contribution in [2.75, 3.05) is 20.3 Å². The fourth-order valence-electron chi connectivity index (χ4n) is 0.955. The van der Waals surface area contributed by atoms with Gasteiger partial charge in [-0.15, -0.1) is 0 Å². The maximum atomic E-state index is 8.64. The minimum Gasteiger partial charge on any atom is -0.381 e. The molecule has 0 saturated heterocycles. The van der Waals surface area contributed by atoms with Crippen LogP contribution in [0.25, 0.3) is 0 Å². The second kappa shape index (κ2) is 6.80. The van der Waals surface area contributed by atoms with Crippen LogP contribution in [-0.4, -0.2) is 26.3 Å². The Hall–Kier alpha value is -0.590. The van der Waals surface area contributed by atoms with E-state index in [0.717, 1.165) is 19.4 Å². The number of nitrogens with one attached hydrogen (secondary N) is 1. The van der Waals surface area contributed by atoms with E-state index in [2.05, 4.69) is 32.2 Å². The zero-order valence-electron chi connectivity index (χ0n) is 9.76. The maximum Gasteiger partial charge on any atom is 0.0972 e. The molecule has 82 valence electrons. The topological polar surface area (TPSA) is 45.0 Å². The van der Waals surface area contributed by atoms with Crippen LogP contribution in [0.15, 0.2) is 0 Å². The largest absolute Gasteiger partial charge is 0.381 e. The molecular formula is C11H22N2O. The Morgan fingerprint density at radius 3 is 2.43 bits per heavy atom. The Balaban J connectivity index is 3.35. The lowest BCUT2D eigenvalue weighted by Gasteiger charge is -2.17. The molecule has 0 bridgehead atoms. The number of rotatable bonds is 6. The van der Waals surface area contributed by atoms with Crippen molar-refractivity contribution in [3.05, 3.63) is 0 Å². The molecule has 0 aliphatic carbocycles. The van der Waals surface area contributed by atoms with E-state index < -0.39 is 0 Å². The van der Waals surface area contributed by atoms with E-state index in [1.54, 1.807) is 7.05 Å². The first-order chi connectivity index (χ1) is 6.49. The van der Waals surface area contributed by atoms with Crippen molar-refractivity contribution in [3.8, 4) is 6.07 Å². The van der Waals surface area contributed by atoms with Gasteiger partial charge in [0.05, 0.1) is 12.1 Å². The highest BCUT2D eigenvalue weighted by Crippen LogP contribution is 2.17. The van der Waals surface area contributed by atoms with Gasteiger partial charge in [0.2, 0.25) is 0 Å². The number of nitrogens with zero attached hydrogens (tertiary/aromatic N) is 1. The number of nitriles is 1. The average Bonchev–Trinajstić information content (AvgIpc) is 2.09. The molecule has 0 saturated carbocycles. The number of ether oxygens (including phenoxy) is 1. The fourth-order valence-corrected chi connectivity index (χ4v) is 0.955. The number of hydrogen-bond acceptors (Lipinski definition) is 3. The van der Waals surface area contributed by atoms with E-state index in [9.17, 15) is 0 Å². The van der Waals surface area contributed by atoms with Crippen molar-refractivity contribution in [1.82, 2.24) is 5.32 Å². The molecule has 1 atom stereocenters. The lowest BCUT2D eigenvalue weighted by atomic mass is 9.93. The van der Waals surface area contributed by atoms with E-state index in [1.165, 1.54) is 0 Å². The van der Waals surface area contributed by atoms with Crippen LogP contribution in [0.4, 0.5) is 0 Å². The Morgan fingerprint density at radius 1 is 1.36 bits per heavy atom. The van der Waals surface area contributed by atoms with Crippen molar-refractivity contribution < 1.29 is 4.74 Å². The van der Waals surface area contributed by atoms with Gasteiger partial charge in [-0.2, -0.15) is 5.26 Å². The van der Waals surface area contributed by atoms with E-state index in [-0.39, 0.29) is 6.04 Å². The Labute approximate surface area is 87.4 Å². The molecule has 0 aromatic rings. The fraction of sp³-hybridized carbons (Fsp3) is 0.909. The molecule has 0 radical (unpaired) electrons. The number of hydrogen-bond donors (Lipinski definition) is 1. The van der Waals surface area contributed by atoms with Crippen LogP contribution in [0.5, 0.6) is 0 Å². The molecule has 1 unspecified atom stereocenters. The molecule has 0 heterocycles. The summed E-state index contributed by atoms with van der Waals surface area (Å²) in [4.78, 5) is 0.